The van der Waals surface area contributed by atoms with E-state index in [1.54, 1.807) is 19.2 Å². The van der Waals surface area contributed by atoms with Crippen LogP contribution in [0.2, 0.25) is 0 Å². The molecule has 0 spiro atoms. The van der Waals surface area contributed by atoms with Gasteiger partial charge in [0.1, 0.15) is 11.6 Å². The normalized spacial score (nSPS) is 9.72. The molecule has 0 N–H and O–H groups in total. The number of methoxy groups -OCH3 is 1. The molecule has 0 unspecified atom stereocenters. The monoisotopic (exact) mass is 270 g/mol. The summed E-state index contributed by atoms with van der Waals surface area (Å²) in [5.41, 5.74) is 0.365. The van der Waals surface area contributed by atoms with Crippen LogP contribution in [0.15, 0.2) is 18.2 Å². The summed E-state index contributed by atoms with van der Waals surface area (Å²) in [4.78, 5) is 0. The number of hydrogen-bond donors (Lipinski definition) is 0. The summed E-state index contributed by atoms with van der Waals surface area (Å²) in [6.45, 7) is 1.13. The largest absolute Gasteiger partial charge is 0.493 e. The van der Waals surface area contributed by atoms with Crippen LogP contribution in [-0.4, -0.2) is 26.2 Å². The van der Waals surface area contributed by atoms with Crippen LogP contribution in [0.3, 0.4) is 0 Å². The van der Waals surface area contributed by atoms with Crippen molar-refractivity contribution >= 4 is 11.6 Å². The van der Waals surface area contributed by atoms with Crippen LogP contribution in [0.5, 0.6) is 5.75 Å². The van der Waals surface area contributed by atoms with E-state index >= 15 is 0 Å². The molecule has 0 fully saturated rings. The van der Waals surface area contributed by atoms with Crippen molar-refractivity contribution in [1.82, 2.24) is 0 Å². The molecule has 4 heteroatoms. The predicted octanol–water partition coefficient (Wildman–Crippen LogP) is 3.22. The van der Waals surface area contributed by atoms with Gasteiger partial charge in [-0.15, -0.1) is 11.6 Å². The summed E-state index contributed by atoms with van der Waals surface area (Å²) in [5, 5.41) is 0. The molecule has 0 heterocycles. The van der Waals surface area contributed by atoms with E-state index in [1.165, 1.54) is 6.07 Å². The number of rotatable bonds is 6. The summed E-state index contributed by atoms with van der Waals surface area (Å²) < 4.78 is 23.9. The van der Waals surface area contributed by atoms with Crippen molar-refractivity contribution in [2.45, 2.75) is 12.8 Å². The average molecular weight is 271 g/mol. The number of alkyl halides is 1. The fourth-order valence-electron chi connectivity index (χ4n) is 1.29. The molecule has 0 aromatic heterocycles. The van der Waals surface area contributed by atoms with Crippen molar-refractivity contribution in [3.05, 3.63) is 29.6 Å². The third-order valence-electron chi connectivity index (χ3n) is 2.14. The van der Waals surface area contributed by atoms with E-state index < -0.39 is 0 Å². The number of benzene rings is 1. The zero-order chi connectivity index (χ0) is 13.2. The molecular formula is C14H16ClFO2. The van der Waals surface area contributed by atoms with Crippen molar-refractivity contribution in [3.63, 3.8) is 0 Å². The van der Waals surface area contributed by atoms with Crippen molar-refractivity contribution < 1.29 is 13.9 Å². The molecule has 18 heavy (non-hydrogen) atoms. The minimum absolute atomic E-state index is 0.365. The Morgan fingerprint density at radius 2 is 2.17 bits per heavy atom. The lowest BCUT2D eigenvalue weighted by molar-refractivity contribution is 0.172. The third kappa shape index (κ3) is 5.39. The number of ether oxygens (including phenoxy) is 2. The molecule has 0 amide bonds. The Hall–Kier alpha value is -1.24. The maximum Gasteiger partial charge on any atom is 0.142 e. The smallest absolute Gasteiger partial charge is 0.142 e. The average Bonchev–Trinajstić information content (AvgIpc) is 2.37. The number of halogens is 2. The van der Waals surface area contributed by atoms with Crippen LogP contribution in [-0.2, 0) is 4.74 Å². The minimum atomic E-state index is -0.374. The molecule has 2 nitrogen and oxygen atoms in total. The second-order valence-corrected chi connectivity index (χ2v) is 3.96. The van der Waals surface area contributed by atoms with Gasteiger partial charge in [-0.05, 0) is 12.1 Å². The van der Waals surface area contributed by atoms with Gasteiger partial charge in [-0.3, -0.25) is 0 Å². The standard InChI is InChI=1S/C14H16ClFO2/c1-17-9-4-10-18-13-7-6-12(14(16)11-13)5-2-3-8-15/h6-7,11H,3-4,8-10H2,1H3. The topological polar surface area (TPSA) is 18.5 Å². The molecule has 98 valence electrons. The van der Waals surface area contributed by atoms with Crippen molar-refractivity contribution in [2.24, 2.45) is 0 Å². The van der Waals surface area contributed by atoms with E-state index in [1.807, 2.05) is 0 Å². The Balaban J connectivity index is 2.54. The van der Waals surface area contributed by atoms with Crippen molar-refractivity contribution in [1.29, 1.82) is 0 Å². The summed E-state index contributed by atoms with van der Waals surface area (Å²) >= 11 is 5.49. The first-order chi connectivity index (χ1) is 8.77. The summed E-state index contributed by atoms with van der Waals surface area (Å²) in [6.07, 6.45) is 1.33. The van der Waals surface area contributed by atoms with Crippen LogP contribution in [0.25, 0.3) is 0 Å². The van der Waals surface area contributed by atoms with Crippen molar-refractivity contribution in [2.75, 3.05) is 26.2 Å². The lowest BCUT2D eigenvalue weighted by atomic mass is 10.2. The first kappa shape index (κ1) is 14.8. The van der Waals surface area contributed by atoms with Crippen LogP contribution in [0.4, 0.5) is 4.39 Å². The molecule has 0 bridgehead atoms. The Morgan fingerprint density at radius 3 is 2.83 bits per heavy atom. The quantitative estimate of drug-likeness (QED) is 0.449. The molecule has 1 rings (SSSR count). The SMILES string of the molecule is COCCCOc1ccc(C#CCCCl)c(F)c1. The molecule has 1 aromatic rings. The Labute approximate surface area is 112 Å². The van der Waals surface area contributed by atoms with E-state index in [9.17, 15) is 4.39 Å². The van der Waals surface area contributed by atoms with Gasteiger partial charge in [0.15, 0.2) is 0 Å². The predicted molar refractivity (Wildman–Crippen MR) is 70.6 cm³/mol. The fraction of sp³-hybridized carbons (Fsp3) is 0.429. The van der Waals surface area contributed by atoms with Gasteiger partial charge in [-0.1, -0.05) is 11.8 Å². The highest BCUT2D eigenvalue weighted by atomic mass is 35.5. The third-order valence-corrected chi connectivity index (χ3v) is 2.33. The fourth-order valence-corrected chi connectivity index (χ4v) is 1.38. The van der Waals surface area contributed by atoms with E-state index in [0.717, 1.165) is 6.42 Å². The van der Waals surface area contributed by atoms with E-state index in [-0.39, 0.29) is 5.82 Å². The highest BCUT2D eigenvalue weighted by Gasteiger charge is 2.01. The van der Waals surface area contributed by atoms with Gasteiger partial charge < -0.3 is 9.47 Å². The van der Waals surface area contributed by atoms with Crippen LogP contribution in [0, 0.1) is 17.7 Å². The van der Waals surface area contributed by atoms with Gasteiger partial charge in [-0.25, -0.2) is 4.39 Å². The van der Waals surface area contributed by atoms with Crippen LogP contribution >= 0.6 is 11.6 Å². The first-order valence-corrected chi connectivity index (χ1v) is 6.27. The molecule has 0 saturated heterocycles. The Morgan fingerprint density at radius 1 is 1.33 bits per heavy atom. The van der Waals surface area contributed by atoms with E-state index in [4.69, 9.17) is 21.1 Å². The molecule has 0 atom stereocenters. The molecule has 1 aromatic carbocycles. The molecular weight excluding hydrogens is 255 g/mol. The van der Waals surface area contributed by atoms with Gasteiger partial charge in [0.2, 0.25) is 0 Å². The Kier molecular flexibility index (Phi) is 7.24. The van der Waals surface area contributed by atoms with Gasteiger partial charge in [-0.2, -0.15) is 0 Å². The highest BCUT2D eigenvalue weighted by Crippen LogP contribution is 2.16. The van der Waals surface area contributed by atoms with Gasteiger partial charge in [0, 0.05) is 38.5 Å². The highest BCUT2D eigenvalue weighted by molar-refractivity contribution is 6.18. The maximum absolute atomic E-state index is 13.6. The zero-order valence-electron chi connectivity index (χ0n) is 10.3. The molecule has 0 radical (unpaired) electrons. The van der Waals surface area contributed by atoms with Gasteiger partial charge in [0.25, 0.3) is 0 Å². The first-order valence-electron chi connectivity index (χ1n) is 5.74. The minimum Gasteiger partial charge on any atom is -0.493 e. The second-order valence-electron chi connectivity index (χ2n) is 3.58. The van der Waals surface area contributed by atoms with Crippen LogP contribution < -0.4 is 4.74 Å². The molecule has 0 aliphatic heterocycles. The lowest BCUT2D eigenvalue weighted by Gasteiger charge is -2.06. The summed E-state index contributed by atoms with van der Waals surface area (Å²) in [6, 6.07) is 4.67. The van der Waals surface area contributed by atoms with Crippen molar-refractivity contribution in [3.8, 4) is 17.6 Å². The van der Waals surface area contributed by atoms with Crippen LogP contribution in [0.1, 0.15) is 18.4 Å². The number of hydrogen-bond acceptors (Lipinski definition) is 2. The second kappa shape index (κ2) is 8.79. The summed E-state index contributed by atoms with van der Waals surface area (Å²) in [5.74, 6) is 6.11. The summed E-state index contributed by atoms with van der Waals surface area (Å²) in [7, 11) is 1.63. The van der Waals surface area contributed by atoms with Gasteiger partial charge >= 0.3 is 0 Å². The molecule has 0 saturated carbocycles. The lowest BCUT2D eigenvalue weighted by Crippen LogP contribution is -2.01. The van der Waals surface area contributed by atoms with E-state index in [0.29, 0.717) is 36.8 Å². The van der Waals surface area contributed by atoms with E-state index in [2.05, 4.69) is 11.8 Å². The molecule has 0 aliphatic rings. The van der Waals surface area contributed by atoms with Gasteiger partial charge in [0.05, 0.1) is 12.2 Å². The Bertz CT molecular complexity index is 424. The molecule has 0 aliphatic carbocycles. The maximum atomic E-state index is 13.6. The zero-order valence-corrected chi connectivity index (χ0v) is 11.1.